The Morgan fingerprint density at radius 3 is 2.93 bits per heavy atom. The van der Waals surface area contributed by atoms with Gasteiger partial charge < -0.3 is 10.1 Å². The second kappa shape index (κ2) is 7.64. The van der Waals surface area contributed by atoms with Crippen LogP contribution in [0, 0.1) is 10.1 Å². The summed E-state index contributed by atoms with van der Waals surface area (Å²) < 4.78 is 6.99. The first-order chi connectivity index (χ1) is 13.2. The number of hydrogen-bond donors (Lipinski definition) is 1. The van der Waals surface area contributed by atoms with Crippen molar-refractivity contribution in [3.8, 4) is 5.82 Å². The molecule has 4 rings (SSSR count). The van der Waals surface area contributed by atoms with Gasteiger partial charge >= 0.3 is 0 Å². The summed E-state index contributed by atoms with van der Waals surface area (Å²) in [6, 6.07) is 6.39. The van der Waals surface area contributed by atoms with Gasteiger partial charge in [-0.3, -0.25) is 15.0 Å². The van der Waals surface area contributed by atoms with Gasteiger partial charge in [0.05, 0.1) is 29.9 Å². The number of aromatic nitrogens is 4. The average Bonchev–Trinajstić information content (AvgIpc) is 3.12. The first kappa shape index (κ1) is 17.3. The van der Waals surface area contributed by atoms with Crippen molar-refractivity contribution in [1.82, 2.24) is 24.6 Å². The molecule has 1 saturated heterocycles. The van der Waals surface area contributed by atoms with Crippen molar-refractivity contribution < 1.29 is 9.66 Å². The summed E-state index contributed by atoms with van der Waals surface area (Å²) in [6.45, 7) is 5.05. The van der Waals surface area contributed by atoms with E-state index in [1.54, 1.807) is 29.2 Å². The molecule has 0 unspecified atom stereocenters. The van der Waals surface area contributed by atoms with Crippen LogP contribution >= 0.6 is 0 Å². The molecule has 0 bridgehead atoms. The van der Waals surface area contributed by atoms with Gasteiger partial charge in [-0.25, -0.2) is 9.67 Å². The molecule has 3 aromatic rings. The van der Waals surface area contributed by atoms with Crippen LogP contribution < -0.4 is 5.32 Å². The number of non-ortho nitro benzene ring substituents is 1. The summed E-state index contributed by atoms with van der Waals surface area (Å²) in [5.41, 5.74) is 0.786. The number of morpholine rings is 1. The Kier molecular flexibility index (Phi) is 4.90. The van der Waals surface area contributed by atoms with E-state index in [1.807, 2.05) is 0 Å². The fourth-order valence-electron chi connectivity index (χ4n) is 3.02. The molecule has 10 nitrogen and oxygen atoms in total. The summed E-state index contributed by atoms with van der Waals surface area (Å²) >= 11 is 0. The smallest absolute Gasteiger partial charge is 0.270 e. The summed E-state index contributed by atoms with van der Waals surface area (Å²) in [5, 5.41) is 19.2. The fraction of sp³-hybridized carbons (Fsp3) is 0.353. The van der Waals surface area contributed by atoms with Gasteiger partial charge in [-0.15, -0.1) is 0 Å². The predicted molar refractivity (Wildman–Crippen MR) is 99.1 cm³/mol. The zero-order valence-corrected chi connectivity index (χ0v) is 14.6. The maximum atomic E-state index is 10.9. The van der Waals surface area contributed by atoms with Crippen molar-refractivity contribution in [2.45, 2.75) is 0 Å². The lowest BCUT2D eigenvalue weighted by Gasteiger charge is -2.26. The summed E-state index contributed by atoms with van der Waals surface area (Å²) in [5.74, 6) is 1.12. The molecule has 0 aliphatic carbocycles. The number of nitrogens with zero attached hydrogens (tertiary/aromatic N) is 6. The van der Waals surface area contributed by atoms with Gasteiger partial charge in [-0.1, -0.05) is 0 Å². The normalized spacial score (nSPS) is 15.1. The van der Waals surface area contributed by atoms with Crippen molar-refractivity contribution in [3.63, 3.8) is 0 Å². The van der Waals surface area contributed by atoms with E-state index in [2.05, 4.69) is 25.3 Å². The largest absolute Gasteiger partial charge is 0.379 e. The lowest BCUT2D eigenvalue weighted by Crippen LogP contribution is -2.39. The minimum Gasteiger partial charge on any atom is -0.379 e. The number of hydrogen-bond acceptors (Lipinski definition) is 8. The highest BCUT2D eigenvalue weighted by atomic mass is 16.6. The Morgan fingerprint density at radius 1 is 1.26 bits per heavy atom. The molecule has 1 aliphatic heterocycles. The van der Waals surface area contributed by atoms with Gasteiger partial charge in [0.25, 0.3) is 5.69 Å². The van der Waals surface area contributed by atoms with E-state index in [0.29, 0.717) is 17.2 Å². The highest BCUT2D eigenvalue weighted by Gasteiger charge is 2.13. The van der Waals surface area contributed by atoms with Crippen molar-refractivity contribution >= 4 is 22.5 Å². The minimum atomic E-state index is -0.419. The van der Waals surface area contributed by atoms with Crippen molar-refractivity contribution in [2.24, 2.45) is 0 Å². The highest BCUT2D eigenvalue weighted by Crippen LogP contribution is 2.22. The Hall–Kier alpha value is -3.11. The van der Waals surface area contributed by atoms with E-state index in [4.69, 9.17) is 4.74 Å². The molecule has 0 saturated carbocycles. The number of rotatable bonds is 6. The Morgan fingerprint density at radius 2 is 2.11 bits per heavy atom. The fourth-order valence-corrected chi connectivity index (χ4v) is 3.02. The third-order valence-corrected chi connectivity index (χ3v) is 4.44. The van der Waals surface area contributed by atoms with Gasteiger partial charge in [-0.2, -0.15) is 10.1 Å². The van der Waals surface area contributed by atoms with Crippen LogP contribution in [0.3, 0.4) is 0 Å². The van der Waals surface area contributed by atoms with E-state index < -0.39 is 4.92 Å². The van der Waals surface area contributed by atoms with Gasteiger partial charge in [0, 0.05) is 56.0 Å². The number of anilines is 1. The molecule has 1 aliphatic rings. The van der Waals surface area contributed by atoms with Crippen molar-refractivity contribution in [2.75, 3.05) is 44.7 Å². The van der Waals surface area contributed by atoms with Crippen LogP contribution in [0.2, 0.25) is 0 Å². The molecule has 140 valence electrons. The van der Waals surface area contributed by atoms with Gasteiger partial charge in [0.15, 0.2) is 5.82 Å². The second-order valence-electron chi connectivity index (χ2n) is 6.18. The maximum absolute atomic E-state index is 10.9. The summed E-state index contributed by atoms with van der Waals surface area (Å²) in [4.78, 5) is 21.6. The molecule has 1 fully saturated rings. The van der Waals surface area contributed by atoms with Crippen molar-refractivity contribution in [3.05, 3.63) is 46.8 Å². The highest BCUT2D eigenvalue weighted by molar-refractivity contribution is 5.82. The van der Waals surface area contributed by atoms with Crippen LogP contribution in [0.4, 0.5) is 11.6 Å². The minimum absolute atomic E-state index is 0.0372. The van der Waals surface area contributed by atoms with Gasteiger partial charge in [0.1, 0.15) is 0 Å². The zero-order chi connectivity index (χ0) is 18.6. The van der Waals surface area contributed by atoms with Crippen molar-refractivity contribution in [1.29, 1.82) is 0 Å². The molecule has 3 heterocycles. The lowest BCUT2D eigenvalue weighted by atomic mass is 10.2. The number of nitro benzene ring substituents is 1. The molecule has 1 aromatic carbocycles. The molecule has 0 spiro atoms. The average molecular weight is 369 g/mol. The number of nitro groups is 1. The second-order valence-corrected chi connectivity index (χ2v) is 6.18. The molecule has 10 heteroatoms. The molecule has 2 aromatic heterocycles. The molecule has 1 N–H and O–H groups in total. The summed E-state index contributed by atoms with van der Waals surface area (Å²) in [6.07, 6.45) is 3.26. The standard InChI is InChI=1S/C17H19N7O3/c25-24(26)14-1-2-15-13(11-14)12-20-23(15)16-3-4-18-17(21-16)19-5-6-22-7-9-27-10-8-22/h1-4,11-12H,5-10H2,(H,18,19,21). The van der Waals surface area contributed by atoms with E-state index in [-0.39, 0.29) is 5.69 Å². The topological polar surface area (TPSA) is 111 Å². The van der Waals surface area contributed by atoms with Crippen LogP contribution in [-0.2, 0) is 4.74 Å². The van der Waals surface area contributed by atoms with Gasteiger partial charge in [-0.05, 0) is 6.07 Å². The first-order valence-electron chi connectivity index (χ1n) is 8.70. The van der Waals surface area contributed by atoms with Crippen LogP contribution in [-0.4, -0.2) is 69.0 Å². The lowest BCUT2D eigenvalue weighted by molar-refractivity contribution is -0.384. The number of ether oxygens (including phenoxy) is 1. The number of nitrogens with one attached hydrogen (secondary N) is 1. The van der Waals surface area contributed by atoms with Gasteiger partial charge in [0.2, 0.25) is 5.95 Å². The Bertz CT molecular complexity index is 953. The molecular formula is C17H19N7O3. The molecule has 0 radical (unpaired) electrons. The van der Waals surface area contributed by atoms with E-state index in [1.165, 1.54) is 12.1 Å². The third kappa shape index (κ3) is 3.86. The quantitative estimate of drug-likeness (QED) is 0.514. The van der Waals surface area contributed by atoms with E-state index in [0.717, 1.165) is 44.9 Å². The van der Waals surface area contributed by atoms with Crippen LogP contribution in [0.1, 0.15) is 0 Å². The SMILES string of the molecule is O=[N+]([O-])c1ccc2c(cnn2-c2ccnc(NCCN3CCOCC3)n2)c1. The van der Waals surface area contributed by atoms with E-state index >= 15 is 0 Å². The number of benzene rings is 1. The molecule has 27 heavy (non-hydrogen) atoms. The summed E-state index contributed by atoms with van der Waals surface area (Å²) in [7, 11) is 0. The molecular weight excluding hydrogens is 350 g/mol. The monoisotopic (exact) mass is 369 g/mol. The Balaban J connectivity index is 1.48. The molecule has 0 atom stereocenters. The predicted octanol–water partition coefficient (Wildman–Crippen LogP) is 1.47. The maximum Gasteiger partial charge on any atom is 0.270 e. The third-order valence-electron chi connectivity index (χ3n) is 4.44. The zero-order valence-electron chi connectivity index (χ0n) is 14.6. The van der Waals surface area contributed by atoms with Crippen LogP contribution in [0.5, 0.6) is 0 Å². The van der Waals surface area contributed by atoms with E-state index in [9.17, 15) is 10.1 Å². The molecule has 0 amide bonds. The van der Waals surface area contributed by atoms with Crippen LogP contribution in [0.15, 0.2) is 36.7 Å². The van der Waals surface area contributed by atoms with Crippen LogP contribution in [0.25, 0.3) is 16.7 Å². The Labute approximate surface area is 154 Å². The number of fused-ring (bicyclic) bond motifs is 1. The first-order valence-corrected chi connectivity index (χ1v) is 8.70.